The van der Waals surface area contributed by atoms with Crippen LogP contribution in [0.25, 0.3) is 0 Å². The van der Waals surface area contributed by atoms with E-state index in [1.54, 1.807) is 18.2 Å². The minimum atomic E-state index is -0.346. The molecule has 0 bridgehead atoms. The molecular weight excluding hydrogens is 458 g/mol. The minimum Gasteiger partial charge on any atom is -0.508 e. The molecule has 0 spiro atoms. The minimum absolute atomic E-state index is 0.0217. The number of allylic oxidation sites excluding steroid dienone is 2. The summed E-state index contributed by atoms with van der Waals surface area (Å²) in [6.45, 7) is 14.5. The van der Waals surface area contributed by atoms with Crippen LogP contribution in [0.5, 0.6) is 5.75 Å². The molecule has 2 aliphatic rings. The average Bonchev–Trinajstić information content (AvgIpc) is 2.83. The maximum Gasteiger partial charge on any atom is 0.223 e. The number of primary amides is 1. The summed E-state index contributed by atoms with van der Waals surface area (Å²) in [5.74, 6) is 1.11. The highest BCUT2D eigenvalue weighted by molar-refractivity contribution is 5.94. The van der Waals surface area contributed by atoms with Gasteiger partial charge in [0.15, 0.2) is 5.78 Å². The molecule has 0 radical (unpaired) electrons. The van der Waals surface area contributed by atoms with Gasteiger partial charge in [-0.1, -0.05) is 64.0 Å². The molecule has 0 heterocycles. The number of nitrogens with two attached hydrogens (primary N) is 1. The maximum absolute atomic E-state index is 12.2. The Morgan fingerprint density at radius 3 is 2.38 bits per heavy atom. The largest absolute Gasteiger partial charge is 0.508 e. The highest BCUT2D eigenvalue weighted by Crippen LogP contribution is 2.57. The Morgan fingerprint density at radius 1 is 1.08 bits per heavy atom. The first-order chi connectivity index (χ1) is 17.3. The average molecular weight is 504 g/mol. The first-order valence-corrected chi connectivity index (χ1v) is 13.7. The first kappa shape index (κ1) is 28.7. The predicted molar refractivity (Wildman–Crippen MR) is 152 cm³/mol. The summed E-state index contributed by atoms with van der Waals surface area (Å²) in [5, 5.41) is 9.59. The quantitative estimate of drug-likeness (QED) is 0.329. The molecule has 2 aromatic carbocycles. The number of fused-ring (bicyclic) bond motifs is 3. The summed E-state index contributed by atoms with van der Waals surface area (Å²) in [6, 6.07) is 12.0. The fourth-order valence-corrected chi connectivity index (χ4v) is 6.45. The number of aromatic hydroxyl groups is 1. The van der Waals surface area contributed by atoms with Crippen molar-refractivity contribution < 1.29 is 14.7 Å². The number of aryl methyl sites for hydroxylation is 1. The van der Waals surface area contributed by atoms with Gasteiger partial charge in [-0.05, 0) is 111 Å². The molecule has 1 fully saturated rings. The van der Waals surface area contributed by atoms with Crippen LogP contribution in [0.2, 0.25) is 0 Å². The van der Waals surface area contributed by atoms with Crippen molar-refractivity contribution in [2.24, 2.45) is 17.1 Å². The molecule has 3 unspecified atom stereocenters. The molecule has 3 N–H and O–H groups in total. The highest BCUT2D eigenvalue weighted by Gasteiger charge is 2.54. The van der Waals surface area contributed by atoms with Crippen LogP contribution in [0.3, 0.4) is 0 Å². The van der Waals surface area contributed by atoms with Gasteiger partial charge in [-0.15, -0.1) is 0 Å². The second-order valence-corrected chi connectivity index (χ2v) is 12.1. The standard InChI is InChI=1S/C20H29NO.C13H16O2/c1-13(2)14-6-8-16-15(12-14)7-9-17-19(16,3)10-5-11-20(17,4)18(21)22;1-9(2)4-5-12-8-11(10(3)14)6-7-13(12)15/h6,8,12-13,17H,5,7,9-11H2,1-4H3,(H2,21,22);4,6-8,15H,5H2,1-3H3. The lowest BCUT2D eigenvalue weighted by molar-refractivity contribution is -0.135. The number of carbonyl (C=O) groups is 2. The molecule has 3 atom stereocenters. The van der Waals surface area contributed by atoms with Gasteiger partial charge >= 0.3 is 0 Å². The molecule has 1 saturated carbocycles. The van der Waals surface area contributed by atoms with Crippen molar-refractivity contribution in [1.29, 1.82) is 0 Å². The molecule has 0 aliphatic heterocycles. The van der Waals surface area contributed by atoms with Gasteiger partial charge < -0.3 is 10.8 Å². The third-order valence-electron chi connectivity index (χ3n) is 8.82. The highest BCUT2D eigenvalue weighted by atomic mass is 16.3. The topological polar surface area (TPSA) is 80.4 Å². The Balaban J connectivity index is 0.000000222. The zero-order valence-electron chi connectivity index (χ0n) is 23.8. The van der Waals surface area contributed by atoms with E-state index < -0.39 is 0 Å². The predicted octanol–water partition coefficient (Wildman–Crippen LogP) is 7.41. The van der Waals surface area contributed by atoms with E-state index in [-0.39, 0.29) is 28.3 Å². The van der Waals surface area contributed by atoms with Crippen molar-refractivity contribution in [1.82, 2.24) is 0 Å². The molecule has 2 aliphatic carbocycles. The van der Waals surface area contributed by atoms with Crippen molar-refractivity contribution in [3.05, 3.63) is 75.9 Å². The van der Waals surface area contributed by atoms with Gasteiger partial charge in [-0.3, -0.25) is 9.59 Å². The Hall–Kier alpha value is -2.88. The Labute approximate surface area is 223 Å². The summed E-state index contributed by atoms with van der Waals surface area (Å²) in [5.41, 5.74) is 12.6. The SMILES string of the molecule is CC(=O)c1ccc(O)c(CC=C(C)C)c1.CC(C)c1ccc2c(c1)CCC1C(C)(C(N)=O)CCCC21C. The molecule has 4 heteroatoms. The van der Waals surface area contributed by atoms with Crippen LogP contribution in [0, 0.1) is 11.3 Å². The van der Waals surface area contributed by atoms with Crippen LogP contribution in [0.15, 0.2) is 48.0 Å². The molecule has 0 aromatic heterocycles. The second-order valence-electron chi connectivity index (χ2n) is 12.1. The summed E-state index contributed by atoms with van der Waals surface area (Å²) in [7, 11) is 0. The number of phenolic OH excluding ortho intramolecular Hbond substituents is 1. The summed E-state index contributed by atoms with van der Waals surface area (Å²) in [4.78, 5) is 23.3. The molecule has 0 saturated heterocycles. The zero-order valence-corrected chi connectivity index (χ0v) is 23.8. The number of Topliss-reactive ketones (excluding diaryl/α,β-unsaturated/α-hetero) is 1. The van der Waals surface area contributed by atoms with Crippen LogP contribution in [0.4, 0.5) is 0 Å². The van der Waals surface area contributed by atoms with E-state index in [1.165, 1.54) is 35.6 Å². The van der Waals surface area contributed by atoms with Crippen molar-refractivity contribution >= 4 is 11.7 Å². The number of ketones is 1. The molecule has 4 nitrogen and oxygen atoms in total. The Morgan fingerprint density at radius 2 is 1.78 bits per heavy atom. The normalized spacial score (nSPS) is 24.3. The van der Waals surface area contributed by atoms with E-state index in [9.17, 15) is 14.7 Å². The zero-order chi connectivity index (χ0) is 27.5. The smallest absolute Gasteiger partial charge is 0.223 e. The lowest BCUT2D eigenvalue weighted by Gasteiger charge is -2.54. The van der Waals surface area contributed by atoms with E-state index in [2.05, 4.69) is 45.9 Å². The Kier molecular flexibility index (Phi) is 8.72. The van der Waals surface area contributed by atoms with Gasteiger partial charge in [0.2, 0.25) is 5.91 Å². The fraction of sp³-hybridized carbons (Fsp3) is 0.515. The third kappa shape index (κ3) is 6.00. The third-order valence-corrected chi connectivity index (χ3v) is 8.82. The summed E-state index contributed by atoms with van der Waals surface area (Å²) >= 11 is 0. The van der Waals surface area contributed by atoms with E-state index in [0.29, 0.717) is 23.8 Å². The monoisotopic (exact) mass is 503 g/mol. The van der Waals surface area contributed by atoms with E-state index in [4.69, 9.17) is 5.73 Å². The lowest BCUT2D eigenvalue weighted by Crippen LogP contribution is -2.54. The van der Waals surface area contributed by atoms with Crippen molar-refractivity contribution in [2.75, 3.05) is 0 Å². The van der Waals surface area contributed by atoms with E-state index in [0.717, 1.165) is 31.2 Å². The number of carbonyl (C=O) groups excluding carboxylic acids is 2. The summed E-state index contributed by atoms with van der Waals surface area (Å²) < 4.78 is 0. The summed E-state index contributed by atoms with van der Waals surface area (Å²) in [6.07, 6.45) is 8.08. The van der Waals surface area contributed by atoms with E-state index >= 15 is 0 Å². The molecule has 200 valence electrons. The van der Waals surface area contributed by atoms with Gasteiger partial charge in [-0.25, -0.2) is 0 Å². The molecule has 37 heavy (non-hydrogen) atoms. The van der Waals surface area contributed by atoms with E-state index in [1.807, 2.05) is 19.9 Å². The van der Waals surface area contributed by atoms with Crippen LogP contribution >= 0.6 is 0 Å². The number of hydrogen-bond donors (Lipinski definition) is 2. The van der Waals surface area contributed by atoms with Gasteiger partial charge in [0, 0.05) is 11.0 Å². The molecular formula is C33H45NO3. The molecule has 1 amide bonds. The number of amides is 1. The van der Waals surface area contributed by atoms with Crippen molar-refractivity contribution in [2.45, 2.75) is 98.3 Å². The van der Waals surface area contributed by atoms with Crippen molar-refractivity contribution in [3.8, 4) is 5.75 Å². The van der Waals surface area contributed by atoms with Gasteiger partial charge in [-0.2, -0.15) is 0 Å². The van der Waals surface area contributed by atoms with Crippen LogP contribution in [0.1, 0.15) is 113 Å². The van der Waals surface area contributed by atoms with Crippen LogP contribution in [-0.2, 0) is 23.1 Å². The fourth-order valence-electron chi connectivity index (χ4n) is 6.45. The van der Waals surface area contributed by atoms with Gasteiger partial charge in [0.05, 0.1) is 0 Å². The maximum atomic E-state index is 12.2. The number of rotatable bonds is 5. The Bertz CT molecular complexity index is 1190. The number of benzene rings is 2. The number of hydrogen-bond acceptors (Lipinski definition) is 3. The second kappa shape index (κ2) is 11.2. The van der Waals surface area contributed by atoms with Gasteiger partial charge in [0.1, 0.15) is 5.75 Å². The molecule has 2 aromatic rings. The van der Waals surface area contributed by atoms with Crippen LogP contribution < -0.4 is 5.73 Å². The van der Waals surface area contributed by atoms with Gasteiger partial charge in [0.25, 0.3) is 0 Å². The number of phenols is 1. The van der Waals surface area contributed by atoms with Crippen LogP contribution in [-0.4, -0.2) is 16.8 Å². The lowest BCUT2D eigenvalue weighted by atomic mass is 9.49. The molecule has 4 rings (SSSR count). The van der Waals surface area contributed by atoms with Crippen molar-refractivity contribution in [3.63, 3.8) is 0 Å². The first-order valence-electron chi connectivity index (χ1n) is 13.7.